The smallest absolute Gasteiger partial charge is 0.257 e. The van der Waals surface area contributed by atoms with Gasteiger partial charge in [-0.25, -0.2) is 0 Å². The van der Waals surface area contributed by atoms with Gasteiger partial charge in [0.25, 0.3) is 5.91 Å². The zero-order chi connectivity index (χ0) is 13.9. The van der Waals surface area contributed by atoms with Gasteiger partial charge in [0.2, 0.25) is 0 Å². The number of carbonyl (C=O) groups excluding carboxylic acids is 1. The maximum Gasteiger partial charge on any atom is 0.257 e. The molecule has 0 atom stereocenters. The van der Waals surface area contributed by atoms with Gasteiger partial charge < -0.3 is 15.4 Å². The monoisotopic (exact) mass is 267 g/mol. The highest BCUT2D eigenvalue weighted by molar-refractivity contribution is 6.12. The highest BCUT2D eigenvalue weighted by atomic mass is 16.3. The average Bonchev–Trinajstić information content (AvgIpc) is 2.96. The first-order valence-electron chi connectivity index (χ1n) is 6.21. The van der Waals surface area contributed by atoms with E-state index < -0.39 is 0 Å². The maximum atomic E-state index is 12.4. The number of hydrogen-bond acceptors (Lipinski definition) is 3. The molecule has 1 aromatic carbocycles. The summed E-state index contributed by atoms with van der Waals surface area (Å²) in [6.45, 7) is -0.148. The normalized spacial score (nSPS) is 10.7. The molecular weight excluding hydrogens is 254 g/mol. The third-order valence-corrected chi connectivity index (χ3v) is 3.16. The lowest BCUT2D eigenvalue weighted by molar-refractivity contribution is 0.102. The molecule has 3 aromatic rings. The summed E-state index contributed by atoms with van der Waals surface area (Å²) in [6.07, 6.45) is 4.90. The Hall–Kier alpha value is -2.66. The molecule has 100 valence electrons. The molecule has 3 rings (SSSR count). The number of benzene rings is 1. The number of anilines is 1. The molecule has 0 saturated carbocycles. The number of nitrogens with one attached hydrogen (secondary N) is 2. The minimum Gasteiger partial charge on any atom is -0.392 e. The topological polar surface area (TPSA) is 78.0 Å². The Morgan fingerprint density at radius 3 is 3.05 bits per heavy atom. The van der Waals surface area contributed by atoms with Gasteiger partial charge in [-0.2, -0.15) is 0 Å². The molecule has 5 nitrogen and oxygen atoms in total. The first-order chi connectivity index (χ1) is 9.79. The van der Waals surface area contributed by atoms with E-state index in [4.69, 9.17) is 0 Å². The van der Waals surface area contributed by atoms with Crippen LogP contribution in [0.15, 0.2) is 48.9 Å². The first kappa shape index (κ1) is 12.4. The van der Waals surface area contributed by atoms with Crippen molar-refractivity contribution in [3.8, 4) is 0 Å². The van der Waals surface area contributed by atoms with E-state index in [1.54, 1.807) is 24.5 Å². The van der Waals surface area contributed by atoms with Crippen LogP contribution in [-0.4, -0.2) is 21.0 Å². The number of carbonyl (C=O) groups is 1. The number of amides is 1. The van der Waals surface area contributed by atoms with E-state index in [-0.39, 0.29) is 12.5 Å². The number of pyridine rings is 1. The predicted octanol–water partition coefficient (Wildman–Crippen LogP) is 2.31. The summed E-state index contributed by atoms with van der Waals surface area (Å²) in [5.41, 5.74) is 2.50. The van der Waals surface area contributed by atoms with E-state index in [0.717, 1.165) is 10.9 Å². The lowest BCUT2D eigenvalue weighted by Gasteiger charge is -2.09. The van der Waals surface area contributed by atoms with E-state index in [1.807, 2.05) is 18.2 Å². The van der Waals surface area contributed by atoms with Gasteiger partial charge in [0, 0.05) is 23.3 Å². The summed E-state index contributed by atoms with van der Waals surface area (Å²) in [7, 11) is 0. The van der Waals surface area contributed by atoms with Crippen LogP contribution < -0.4 is 5.32 Å². The van der Waals surface area contributed by atoms with E-state index >= 15 is 0 Å². The van der Waals surface area contributed by atoms with Crippen LogP contribution >= 0.6 is 0 Å². The van der Waals surface area contributed by atoms with Crippen LogP contribution in [0.2, 0.25) is 0 Å². The number of fused-ring (bicyclic) bond motifs is 1. The van der Waals surface area contributed by atoms with Crippen LogP contribution in [0.25, 0.3) is 10.9 Å². The molecule has 0 saturated heterocycles. The van der Waals surface area contributed by atoms with E-state index in [1.165, 1.54) is 6.20 Å². The second kappa shape index (κ2) is 5.14. The predicted molar refractivity (Wildman–Crippen MR) is 76.4 cm³/mol. The molecule has 0 aliphatic carbocycles. The summed E-state index contributed by atoms with van der Waals surface area (Å²) in [5.74, 6) is -0.235. The van der Waals surface area contributed by atoms with Gasteiger partial charge in [0.05, 0.1) is 29.6 Å². The van der Waals surface area contributed by atoms with Gasteiger partial charge in [-0.05, 0) is 18.2 Å². The van der Waals surface area contributed by atoms with Crippen LogP contribution in [0.1, 0.15) is 15.9 Å². The van der Waals surface area contributed by atoms with Gasteiger partial charge in [-0.3, -0.25) is 9.78 Å². The van der Waals surface area contributed by atoms with Crippen LogP contribution in [0, 0.1) is 0 Å². The summed E-state index contributed by atoms with van der Waals surface area (Å²) < 4.78 is 0. The van der Waals surface area contributed by atoms with Crippen LogP contribution in [0.4, 0.5) is 5.69 Å². The van der Waals surface area contributed by atoms with E-state index in [2.05, 4.69) is 15.3 Å². The SMILES string of the molecule is O=C(Nc1cnccc1CO)c1cccc2cc[nH]c12. The number of aromatic amines is 1. The molecule has 0 radical (unpaired) electrons. The Labute approximate surface area is 115 Å². The number of para-hydroxylation sites is 1. The minimum atomic E-state index is -0.235. The van der Waals surface area contributed by atoms with Gasteiger partial charge >= 0.3 is 0 Å². The number of nitrogens with zero attached hydrogens (tertiary/aromatic N) is 1. The Morgan fingerprint density at radius 1 is 1.30 bits per heavy atom. The molecule has 5 heteroatoms. The van der Waals surface area contributed by atoms with Crippen molar-refractivity contribution in [1.82, 2.24) is 9.97 Å². The molecular formula is C15H13N3O2. The number of aliphatic hydroxyl groups excluding tert-OH is 1. The van der Waals surface area contributed by atoms with Crippen LogP contribution in [0.5, 0.6) is 0 Å². The maximum absolute atomic E-state index is 12.4. The lowest BCUT2D eigenvalue weighted by atomic mass is 10.1. The van der Waals surface area contributed by atoms with Crippen molar-refractivity contribution in [3.63, 3.8) is 0 Å². The fourth-order valence-electron chi connectivity index (χ4n) is 2.14. The summed E-state index contributed by atoms with van der Waals surface area (Å²) in [5, 5.41) is 13.0. The van der Waals surface area contributed by atoms with Crippen molar-refractivity contribution in [1.29, 1.82) is 0 Å². The fourth-order valence-corrected chi connectivity index (χ4v) is 2.14. The fraction of sp³-hybridized carbons (Fsp3) is 0.0667. The Bertz CT molecular complexity index is 764. The van der Waals surface area contributed by atoms with Crippen LogP contribution in [-0.2, 0) is 6.61 Å². The largest absolute Gasteiger partial charge is 0.392 e. The quantitative estimate of drug-likeness (QED) is 0.681. The van der Waals surface area contributed by atoms with Crippen molar-refractivity contribution in [2.24, 2.45) is 0 Å². The number of aromatic nitrogens is 2. The number of rotatable bonds is 3. The minimum absolute atomic E-state index is 0.148. The van der Waals surface area contributed by atoms with Gasteiger partial charge in [0.15, 0.2) is 0 Å². The van der Waals surface area contributed by atoms with Crippen molar-refractivity contribution in [3.05, 3.63) is 60.0 Å². The number of aliphatic hydroxyl groups is 1. The second-order valence-electron chi connectivity index (χ2n) is 4.39. The third kappa shape index (κ3) is 2.15. The molecule has 3 N–H and O–H groups in total. The number of H-pyrrole nitrogens is 1. The van der Waals surface area contributed by atoms with E-state index in [0.29, 0.717) is 16.8 Å². The Kier molecular flexibility index (Phi) is 3.18. The molecule has 0 aliphatic heterocycles. The highest BCUT2D eigenvalue weighted by Crippen LogP contribution is 2.19. The van der Waals surface area contributed by atoms with Gasteiger partial charge in [-0.15, -0.1) is 0 Å². The zero-order valence-corrected chi connectivity index (χ0v) is 10.6. The molecule has 0 unspecified atom stereocenters. The summed E-state index contributed by atoms with van der Waals surface area (Å²) in [6, 6.07) is 9.11. The second-order valence-corrected chi connectivity index (χ2v) is 4.39. The average molecular weight is 267 g/mol. The van der Waals surface area contributed by atoms with Gasteiger partial charge in [0.1, 0.15) is 0 Å². The highest BCUT2D eigenvalue weighted by Gasteiger charge is 2.12. The van der Waals surface area contributed by atoms with E-state index in [9.17, 15) is 9.90 Å². The molecule has 2 aromatic heterocycles. The third-order valence-electron chi connectivity index (χ3n) is 3.16. The lowest BCUT2D eigenvalue weighted by Crippen LogP contribution is -2.14. The summed E-state index contributed by atoms with van der Waals surface area (Å²) in [4.78, 5) is 19.4. The molecule has 0 aliphatic rings. The molecule has 0 spiro atoms. The van der Waals surface area contributed by atoms with Crippen molar-refractivity contribution >= 4 is 22.5 Å². The van der Waals surface area contributed by atoms with Crippen molar-refractivity contribution in [2.75, 3.05) is 5.32 Å². The molecule has 1 amide bonds. The van der Waals surface area contributed by atoms with Crippen molar-refractivity contribution < 1.29 is 9.90 Å². The Morgan fingerprint density at radius 2 is 2.20 bits per heavy atom. The zero-order valence-electron chi connectivity index (χ0n) is 10.6. The molecule has 2 heterocycles. The van der Waals surface area contributed by atoms with Gasteiger partial charge in [-0.1, -0.05) is 12.1 Å². The Balaban J connectivity index is 1.95. The summed E-state index contributed by atoms with van der Waals surface area (Å²) >= 11 is 0. The number of hydrogen-bond donors (Lipinski definition) is 3. The van der Waals surface area contributed by atoms with Crippen molar-refractivity contribution in [2.45, 2.75) is 6.61 Å². The molecule has 0 fully saturated rings. The first-order valence-corrected chi connectivity index (χ1v) is 6.21. The molecule has 0 bridgehead atoms. The van der Waals surface area contributed by atoms with Crippen LogP contribution in [0.3, 0.4) is 0 Å². The standard InChI is InChI=1S/C15H13N3O2/c19-9-11-4-6-16-8-13(11)18-15(20)12-3-1-2-10-5-7-17-14(10)12/h1-8,17,19H,9H2,(H,18,20). The molecule has 20 heavy (non-hydrogen) atoms.